The maximum atomic E-state index is 13.0. The maximum absolute atomic E-state index is 13.0. The summed E-state index contributed by atoms with van der Waals surface area (Å²) in [5, 5.41) is 2.77. The van der Waals surface area contributed by atoms with Gasteiger partial charge in [0.15, 0.2) is 0 Å². The van der Waals surface area contributed by atoms with Gasteiger partial charge in [-0.1, -0.05) is 24.4 Å². The van der Waals surface area contributed by atoms with Crippen molar-refractivity contribution in [3.05, 3.63) is 58.9 Å². The van der Waals surface area contributed by atoms with E-state index >= 15 is 0 Å². The van der Waals surface area contributed by atoms with Gasteiger partial charge in [-0.25, -0.2) is 12.8 Å². The van der Waals surface area contributed by atoms with Crippen LogP contribution in [0.4, 0.5) is 4.39 Å². The number of sulfonamides is 1. The first-order valence-electron chi connectivity index (χ1n) is 9.84. The molecule has 3 rings (SSSR count). The topological polar surface area (TPSA) is 75.7 Å². The van der Waals surface area contributed by atoms with Gasteiger partial charge in [-0.2, -0.15) is 4.31 Å². The summed E-state index contributed by atoms with van der Waals surface area (Å²) < 4.78 is 45.8. The highest BCUT2D eigenvalue weighted by molar-refractivity contribution is 7.89. The van der Waals surface area contributed by atoms with Crippen LogP contribution in [0.2, 0.25) is 5.02 Å². The van der Waals surface area contributed by atoms with E-state index in [0.717, 1.165) is 25.7 Å². The lowest BCUT2D eigenvalue weighted by Gasteiger charge is -2.21. The summed E-state index contributed by atoms with van der Waals surface area (Å²) in [5.74, 6) is -0.297. The molecule has 0 atom stereocenters. The number of amides is 1. The predicted molar refractivity (Wildman–Crippen MR) is 113 cm³/mol. The van der Waals surface area contributed by atoms with Gasteiger partial charge < -0.3 is 10.1 Å². The van der Waals surface area contributed by atoms with Gasteiger partial charge in [0.25, 0.3) is 5.91 Å². The van der Waals surface area contributed by atoms with Gasteiger partial charge in [0.1, 0.15) is 23.1 Å². The summed E-state index contributed by atoms with van der Waals surface area (Å²) in [7, 11) is -3.77. The second kappa shape index (κ2) is 10.2. The number of nitrogens with zero attached hydrogens (tertiary/aromatic N) is 1. The Morgan fingerprint density at radius 2 is 1.73 bits per heavy atom. The second-order valence-corrected chi connectivity index (χ2v) is 9.34. The van der Waals surface area contributed by atoms with Gasteiger partial charge in [0.05, 0.1) is 11.6 Å². The third-order valence-electron chi connectivity index (χ3n) is 4.85. The van der Waals surface area contributed by atoms with E-state index in [1.165, 1.54) is 46.8 Å². The lowest BCUT2D eigenvalue weighted by Crippen LogP contribution is -2.32. The first-order valence-corrected chi connectivity index (χ1v) is 11.7. The van der Waals surface area contributed by atoms with Gasteiger partial charge in [0, 0.05) is 18.7 Å². The van der Waals surface area contributed by atoms with Crippen LogP contribution < -0.4 is 10.1 Å². The third kappa shape index (κ3) is 5.71. The van der Waals surface area contributed by atoms with Gasteiger partial charge in [-0.05, 0) is 55.3 Å². The van der Waals surface area contributed by atoms with E-state index in [9.17, 15) is 17.6 Å². The minimum absolute atomic E-state index is 0.0544. The molecule has 0 aliphatic carbocycles. The Kier molecular flexibility index (Phi) is 7.69. The molecule has 0 bridgehead atoms. The highest BCUT2D eigenvalue weighted by Crippen LogP contribution is 2.27. The van der Waals surface area contributed by atoms with Crippen LogP contribution in [0.15, 0.2) is 47.4 Å². The molecule has 1 N–H and O–H groups in total. The lowest BCUT2D eigenvalue weighted by atomic mass is 10.2. The van der Waals surface area contributed by atoms with Crippen LogP contribution in [0.25, 0.3) is 0 Å². The minimum atomic E-state index is -3.77. The Labute approximate surface area is 181 Å². The average Bonchev–Trinajstić information content (AvgIpc) is 3.03. The summed E-state index contributed by atoms with van der Waals surface area (Å²) in [4.78, 5) is 12.4. The first-order chi connectivity index (χ1) is 14.4. The van der Waals surface area contributed by atoms with Crippen LogP contribution in [0.5, 0.6) is 5.75 Å². The summed E-state index contributed by atoms with van der Waals surface area (Å²) >= 11 is 6.17. The Morgan fingerprint density at radius 3 is 2.40 bits per heavy atom. The van der Waals surface area contributed by atoms with E-state index in [2.05, 4.69) is 5.32 Å². The molecular weight excluding hydrogens is 431 g/mol. The van der Waals surface area contributed by atoms with Crippen LogP contribution in [0.3, 0.4) is 0 Å². The molecule has 30 heavy (non-hydrogen) atoms. The van der Waals surface area contributed by atoms with Crippen molar-refractivity contribution in [1.29, 1.82) is 0 Å². The van der Waals surface area contributed by atoms with Gasteiger partial charge >= 0.3 is 0 Å². The highest BCUT2D eigenvalue weighted by Gasteiger charge is 2.28. The Hall–Kier alpha value is -2.16. The van der Waals surface area contributed by atoms with Crippen molar-refractivity contribution in [2.75, 3.05) is 26.2 Å². The average molecular weight is 455 g/mol. The molecule has 0 radical (unpaired) electrons. The number of rotatable bonds is 7. The van der Waals surface area contributed by atoms with Crippen LogP contribution in [-0.2, 0) is 10.0 Å². The minimum Gasteiger partial charge on any atom is -0.492 e. The van der Waals surface area contributed by atoms with Crippen molar-refractivity contribution in [2.24, 2.45) is 0 Å². The van der Waals surface area contributed by atoms with Crippen LogP contribution in [0, 0.1) is 5.82 Å². The molecule has 0 saturated carbocycles. The quantitative estimate of drug-likeness (QED) is 0.645. The van der Waals surface area contributed by atoms with E-state index in [4.69, 9.17) is 16.3 Å². The zero-order valence-corrected chi connectivity index (χ0v) is 18.0. The number of hydrogen-bond donors (Lipinski definition) is 1. The number of carbonyl (C=O) groups is 1. The van der Waals surface area contributed by atoms with E-state index < -0.39 is 15.9 Å². The zero-order chi connectivity index (χ0) is 21.6. The van der Waals surface area contributed by atoms with E-state index in [-0.39, 0.29) is 34.5 Å². The summed E-state index contributed by atoms with van der Waals surface area (Å²) in [6.07, 6.45) is 3.63. The van der Waals surface area contributed by atoms with Crippen molar-refractivity contribution in [3.8, 4) is 5.75 Å². The molecule has 1 aliphatic rings. The molecule has 1 amide bonds. The summed E-state index contributed by atoms with van der Waals surface area (Å²) in [5.41, 5.74) is 0.203. The zero-order valence-electron chi connectivity index (χ0n) is 16.4. The second-order valence-electron chi connectivity index (χ2n) is 7.02. The number of benzene rings is 2. The molecule has 1 heterocycles. The predicted octanol–water partition coefficient (Wildman–Crippen LogP) is 3.85. The molecular formula is C21H24ClFN2O4S. The molecule has 6 nitrogen and oxygen atoms in total. The van der Waals surface area contributed by atoms with Crippen molar-refractivity contribution < 1.29 is 22.3 Å². The molecule has 1 aliphatic heterocycles. The lowest BCUT2D eigenvalue weighted by molar-refractivity contribution is 0.0947. The van der Waals surface area contributed by atoms with Crippen LogP contribution >= 0.6 is 11.6 Å². The number of hydrogen-bond acceptors (Lipinski definition) is 4. The fourth-order valence-electron chi connectivity index (χ4n) is 3.23. The molecule has 0 unspecified atom stereocenters. The fraction of sp³-hybridized carbons (Fsp3) is 0.381. The highest BCUT2D eigenvalue weighted by atomic mass is 35.5. The largest absolute Gasteiger partial charge is 0.492 e. The molecule has 0 spiro atoms. The van der Waals surface area contributed by atoms with Crippen LogP contribution in [0.1, 0.15) is 36.0 Å². The van der Waals surface area contributed by atoms with Gasteiger partial charge in [0.2, 0.25) is 10.0 Å². The molecule has 0 aromatic heterocycles. The standard InChI is InChI=1S/C21H24ClFN2O4S/c22-19-10-5-16(15-20(19)30(27,28)25-12-3-1-2-4-13-25)21(26)24-11-14-29-18-8-6-17(23)7-9-18/h5-10,15H,1-4,11-14H2,(H,24,26). The monoisotopic (exact) mass is 454 g/mol. The van der Waals surface area contributed by atoms with Crippen molar-refractivity contribution in [1.82, 2.24) is 9.62 Å². The van der Waals surface area contributed by atoms with Gasteiger partial charge in [-0.3, -0.25) is 4.79 Å². The Bertz CT molecular complexity index is 975. The number of nitrogens with one attached hydrogen (secondary N) is 1. The molecule has 1 saturated heterocycles. The molecule has 2 aromatic carbocycles. The van der Waals surface area contributed by atoms with Crippen LogP contribution in [-0.4, -0.2) is 44.9 Å². The van der Waals surface area contributed by atoms with Crippen molar-refractivity contribution >= 4 is 27.5 Å². The van der Waals surface area contributed by atoms with E-state index in [0.29, 0.717) is 18.8 Å². The molecule has 9 heteroatoms. The first kappa shape index (κ1) is 22.5. The Morgan fingerprint density at radius 1 is 1.07 bits per heavy atom. The molecule has 2 aromatic rings. The van der Waals surface area contributed by atoms with E-state index in [1.54, 1.807) is 0 Å². The molecule has 1 fully saturated rings. The summed E-state index contributed by atoms with van der Waals surface area (Å²) in [6.45, 7) is 1.29. The Balaban J connectivity index is 1.63. The SMILES string of the molecule is O=C(NCCOc1ccc(F)cc1)c1ccc(Cl)c(S(=O)(=O)N2CCCCCC2)c1. The number of carbonyl (C=O) groups excluding carboxylic acids is 1. The maximum Gasteiger partial charge on any atom is 0.251 e. The normalized spacial score (nSPS) is 15.4. The summed E-state index contributed by atoms with van der Waals surface area (Å²) in [6, 6.07) is 9.79. The van der Waals surface area contributed by atoms with E-state index in [1.807, 2.05) is 0 Å². The van der Waals surface area contributed by atoms with Gasteiger partial charge in [-0.15, -0.1) is 0 Å². The third-order valence-corrected chi connectivity index (χ3v) is 7.23. The molecule has 162 valence electrons. The number of halogens is 2. The smallest absolute Gasteiger partial charge is 0.251 e. The number of ether oxygens (including phenoxy) is 1. The fourth-order valence-corrected chi connectivity index (χ4v) is 5.25. The van der Waals surface area contributed by atoms with Crippen molar-refractivity contribution in [3.63, 3.8) is 0 Å². The van der Waals surface area contributed by atoms with Crippen molar-refractivity contribution in [2.45, 2.75) is 30.6 Å².